The summed E-state index contributed by atoms with van der Waals surface area (Å²) in [4.78, 5) is 12.4. The quantitative estimate of drug-likeness (QED) is 0.823. The van der Waals surface area contributed by atoms with E-state index >= 15 is 0 Å². The second-order valence-corrected chi connectivity index (χ2v) is 5.58. The maximum Gasteiger partial charge on any atom is 0.228 e. The fourth-order valence-corrected chi connectivity index (χ4v) is 2.87. The van der Waals surface area contributed by atoms with E-state index in [1.54, 1.807) is 0 Å². The van der Waals surface area contributed by atoms with Crippen LogP contribution in [0.4, 0.5) is 0 Å². The van der Waals surface area contributed by atoms with E-state index in [4.69, 9.17) is 5.73 Å². The molecule has 0 radical (unpaired) electrons. The molecule has 0 bridgehead atoms. The number of primary amides is 1. The van der Waals surface area contributed by atoms with Gasteiger partial charge in [-0.2, -0.15) is 0 Å². The third-order valence-corrected chi connectivity index (χ3v) is 4.10. The van der Waals surface area contributed by atoms with Gasteiger partial charge in [0, 0.05) is 0 Å². The normalized spacial score (nSPS) is 13.6. The molecule has 2 aromatic carbocycles. The highest BCUT2D eigenvalue weighted by molar-refractivity contribution is 5.87. The zero-order valence-electron chi connectivity index (χ0n) is 12.6. The van der Waals surface area contributed by atoms with E-state index < -0.39 is 5.41 Å². The van der Waals surface area contributed by atoms with Crippen LogP contribution in [-0.4, -0.2) is 5.91 Å². The van der Waals surface area contributed by atoms with E-state index in [1.165, 1.54) is 0 Å². The first kappa shape index (κ1) is 15.3. The molecule has 0 aliphatic heterocycles. The Kier molecular flexibility index (Phi) is 5.15. The van der Waals surface area contributed by atoms with E-state index in [0.717, 1.165) is 30.4 Å². The summed E-state index contributed by atoms with van der Waals surface area (Å²) in [7, 11) is 0. The summed E-state index contributed by atoms with van der Waals surface area (Å²) < 4.78 is 0. The Morgan fingerprint density at radius 3 is 2.10 bits per heavy atom. The fourth-order valence-electron chi connectivity index (χ4n) is 2.87. The highest BCUT2D eigenvalue weighted by Crippen LogP contribution is 2.33. The molecular weight excluding hydrogens is 258 g/mol. The molecule has 2 aromatic rings. The van der Waals surface area contributed by atoms with Gasteiger partial charge in [-0.3, -0.25) is 4.79 Å². The first-order valence-corrected chi connectivity index (χ1v) is 7.58. The lowest BCUT2D eigenvalue weighted by molar-refractivity contribution is -0.123. The topological polar surface area (TPSA) is 43.1 Å². The minimum atomic E-state index is -0.612. The number of amides is 1. The third kappa shape index (κ3) is 3.52. The van der Waals surface area contributed by atoms with Crippen LogP contribution in [0.2, 0.25) is 0 Å². The van der Waals surface area contributed by atoms with Crippen LogP contribution in [0.1, 0.15) is 37.3 Å². The molecular formula is C19H23NO. The average Bonchev–Trinajstić information content (AvgIpc) is 2.53. The van der Waals surface area contributed by atoms with E-state index in [2.05, 4.69) is 19.1 Å². The van der Waals surface area contributed by atoms with Crippen molar-refractivity contribution in [2.45, 2.75) is 38.0 Å². The Morgan fingerprint density at radius 2 is 1.57 bits per heavy atom. The van der Waals surface area contributed by atoms with Crippen molar-refractivity contribution in [1.82, 2.24) is 0 Å². The van der Waals surface area contributed by atoms with Crippen molar-refractivity contribution < 1.29 is 4.79 Å². The maximum atomic E-state index is 12.4. The van der Waals surface area contributed by atoms with Crippen LogP contribution in [0, 0.1) is 0 Å². The molecule has 0 heterocycles. The lowest BCUT2D eigenvalue weighted by Crippen LogP contribution is -2.43. The Hall–Kier alpha value is -2.09. The Bertz CT molecular complexity index is 565. The molecule has 21 heavy (non-hydrogen) atoms. The highest BCUT2D eigenvalue weighted by atomic mass is 16.1. The zero-order chi connectivity index (χ0) is 15.1. The van der Waals surface area contributed by atoms with Crippen LogP contribution in [0.3, 0.4) is 0 Å². The maximum absolute atomic E-state index is 12.4. The van der Waals surface area contributed by atoms with Crippen molar-refractivity contribution in [2.75, 3.05) is 0 Å². The molecule has 0 aliphatic rings. The molecule has 0 spiro atoms. The second-order valence-electron chi connectivity index (χ2n) is 5.58. The van der Waals surface area contributed by atoms with Crippen molar-refractivity contribution in [2.24, 2.45) is 5.73 Å². The molecule has 2 heteroatoms. The van der Waals surface area contributed by atoms with E-state index in [0.29, 0.717) is 6.42 Å². The lowest BCUT2D eigenvalue weighted by Gasteiger charge is -2.31. The van der Waals surface area contributed by atoms with Crippen LogP contribution < -0.4 is 5.73 Å². The van der Waals surface area contributed by atoms with Gasteiger partial charge in [-0.25, -0.2) is 0 Å². The van der Waals surface area contributed by atoms with Gasteiger partial charge in [0.2, 0.25) is 5.91 Å². The number of benzene rings is 2. The van der Waals surface area contributed by atoms with Crippen molar-refractivity contribution in [1.29, 1.82) is 0 Å². The number of rotatable bonds is 7. The van der Waals surface area contributed by atoms with Gasteiger partial charge in [-0.05, 0) is 24.0 Å². The summed E-state index contributed by atoms with van der Waals surface area (Å²) in [5.41, 5.74) is 7.41. The van der Waals surface area contributed by atoms with E-state index in [-0.39, 0.29) is 5.91 Å². The monoisotopic (exact) mass is 281 g/mol. The molecule has 2 rings (SSSR count). The smallest absolute Gasteiger partial charge is 0.228 e. The summed E-state index contributed by atoms with van der Waals surface area (Å²) in [6.07, 6.45) is 3.49. The van der Waals surface area contributed by atoms with E-state index in [9.17, 15) is 4.79 Å². The second kappa shape index (κ2) is 7.07. The van der Waals surface area contributed by atoms with Crippen LogP contribution in [0.5, 0.6) is 0 Å². The Morgan fingerprint density at radius 1 is 1.00 bits per heavy atom. The summed E-state index contributed by atoms with van der Waals surface area (Å²) in [5.74, 6) is -0.231. The van der Waals surface area contributed by atoms with Crippen LogP contribution in [0.25, 0.3) is 0 Å². The van der Waals surface area contributed by atoms with Crippen molar-refractivity contribution in [3.63, 3.8) is 0 Å². The molecule has 0 aromatic heterocycles. The number of hydrogen-bond donors (Lipinski definition) is 1. The zero-order valence-corrected chi connectivity index (χ0v) is 12.6. The number of hydrogen-bond acceptors (Lipinski definition) is 1. The predicted molar refractivity (Wildman–Crippen MR) is 87.0 cm³/mol. The van der Waals surface area contributed by atoms with Crippen molar-refractivity contribution >= 4 is 5.91 Å². The number of carbonyl (C=O) groups excluding carboxylic acids is 1. The molecule has 0 saturated heterocycles. The fraction of sp³-hybridized carbons (Fsp3) is 0.316. The molecule has 1 unspecified atom stereocenters. The van der Waals surface area contributed by atoms with E-state index in [1.807, 2.05) is 48.5 Å². The summed E-state index contributed by atoms with van der Waals surface area (Å²) in [6.45, 7) is 2.14. The number of nitrogens with two attached hydrogens (primary N) is 1. The van der Waals surface area contributed by atoms with Gasteiger partial charge in [0.15, 0.2) is 0 Å². The first-order chi connectivity index (χ1) is 10.2. The standard InChI is InChI=1S/C19H23NO/c1-2-3-14-19(18(20)21,17-12-8-5-9-13-17)15-16-10-6-4-7-11-16/h4-13H,2-3,14-15H2,1H3,(H2,20,21). The minimum Gasteiger partial charge on any atom is -0.369 e. The Balaban J connectivity index is 2.43. The molecule has 0 saturated carbocycles. The predicted octanol–water partition coefficient (Wildman–Crippen LogP) is 3.84. The van der Waals surface area contributed by atoms with Gasteiger partial charge in [0.25, 0.3) is 0 Å². The van der Waals surface area contributed by atoms with Crippen molar-refractivity contribution in [3.8, 4) is 0 Å². The molecule has 1 atom stereocenters. The molecule has 2 nitrogen and oxygen atoms in total. The summed E-state index contributed by atoms with van der Waals surface area (Å²) in [5, 5.41) is 0. The van der Waals surface area contributed by atoms with Crippen LogP contribution in [0.15, 0.2) is 60.7 Å². The van der Waals surface area contributed by atoms with Gasteiger partial charge >= 0.3 is 0 Å². The van der Waals surface area contributed by atoms with Gasteiger partial charge < -0.3 is 5.73 Å². The highest BCUT2D eigenvalue weighted by Gasteiger charge is 2.37. The van der Waals surface area contributed by atoms with Gasteiger partial charge in [-0.15, -0.1) is 0 Å². The van der Waals surface area contributed by atoms with Crippen molar-refractivity contribution in [3.05, 3.63) is 71.8 Å². The summed E-state index contributed by atoms with van der Waals surface area (Å²) >= 11 is 0. The van der Waals surface area contributed by atoms with Gasteiger partial charge in [-0.1, -0.05) is 80.4 Å². The minimum absolute atomic E-state index is 0.231. The molecule has 0 fully saturated rings. The lowest BCUT2D eigenvalue weighted by atomic mass is 9.71. The summed E-state index contributed by atoms with van der Waals surface area (Å²) in [6, 6.07) is 20.1. The van der Waals surface area contributed by atoms with Crippen LogP contribution >= 0.6 is 0 Å². The van der Waals surface area contributed by atoms with Gasteiger partial charge in [0.1, 0.15) is 0 Å². The van der Waals surface area contributed by atoms with Crippen LogP contribution in [-0.2, 0) is 16.6 Å². The molecule has 110 valence electrons. The third-order valence-electron chi connectivity index (χ3n) is 4.10. The number of unbranched alkanes of at least 4 members (excludes halogenated alkanes) is 1. The first-order valence-electron chi connectivity index (χ1n) is 7.58. The number of carbonyl (C=O) groups is 1. The molecule has 0 aliphatic carbocycles. The average molecular weight is 281 g/mol. The Labute approximate surface area is 127 Å². The molecule has 2 N–H and O–H groups in total. The molecule has 1 amide bonds. The SMILES string of the molecule is CCCCC(Cc1ccccc1)(C(N)=O)c1ccccc1. The largest absolute Gasteiger partial charge is 0.369 e. The van der Waals surface area contributed by atoms with Gasteiger partial charge in [0.05, 0.1) is 5.41 Å².